The molecule has 16 heavy (non-hydrogen) atoms. The maximum Gasteiger partial charge on any atom is -0.0164 e. The molecule has 0 spiro atoms. The van der Waals surface area contributed by atoms with E-state index in [1.165, 1.54) is 24.8 Å². The molecule has 0 radical (unpaired) electrons. The summed E-state index contributed by atoms with van der Waals surface area (Å²) in [5.74, 6) is 2.41. The molecule has 0 heteroatoms. The second kappa shape index (κ2) is 6.73. The summed E-state index contributed by atoms with van der Waals surface area (Å²) in [6.07, 6.45) is 3.94. The predicted octanol–water partition coefficient (Wildman–Crippen LogP) is 5.25. The number of rotatable bonds is 6. The highest BCUT2D eigenvalue weighted by Gasteiger charge is 2.12. The monoisotopic (exact) mass is 218 g/mol. The van der Waals surface area contributed by atoms with Gasteiger partial charge in [-0.3, -0.25) is 0 Å². The Morgan fingerprint density at radius 1 is 0.938 bits per heavy atom. The normalized spacial score (nSPS) is 15.1. The zero-order chi connectivity index (χ0) is 12.0. The molecule has 1 rings (SSSR count). The van der Waals surface area contributed by atoms with E-state index in [9.17, 15) is 0 Å². The minimum atomic E-state index is 0.752. The van der Waals surface area contributed by atoms with E-state index in [0.717, 1.165) is 17.8 Å². The van der Waals surface area contributed by atoms with Gasteiger partial charge in [-0.25, -0.2) is 0 Å². The van der Waals surface area contributed by atoms with Crippen LogP contribution < -0.4 is 0 Å². The second-order valence-electron chi connectivity index (χ2n) is 5.31. The maximum absolute atomic E-state index is 2.38. The summed E-state index contributed by atoms with van der Waals surface area (Å²) in [4.78, 5) is 0. The molecule has 0 saturated carbocycles. The van der Waals surface area contributed by atoms with Crippen LogP contribution in [0.25, 0.3) is 0 Å². The molecule has 1 aromatic carbocycles. The third-order valence-electron chi connectivity index (χ3n) is 3.87. The van der Waals surface area contributed by atoms with E-state index >= 15 is 0 Å². The molecule has 2 atom stereocenters. The molecule has 0 saturated heterocycles. The average molecular weight is 218 g/mol. The highest BCUT2D eigenvalue weighted by atomic mass is 14.2. The molecule has 0 amide bonds. The van der Waals surface area contributed by atoms with Crippen molar-refractivity contribution < 1.29 is 0 Å². The van der Waals surface area contributed by atoms with Crippen molar-refractivity contribution in [2.45, 2.75) is 52.9 Å². The molecule has 1 aromatic rings. The van der Waals surface area contributed by atoms with Gasteiger partial charge < -0.3 is 0 Å². The van der Waals surface area contributed by atoms with E-state index in [0.29, 0.717) is 0 Å². The van der Waals surface area contributed by atoms with Crippen LogP contribution in [-0.2, 0) is 0 Å². The van der Waals surface area contributed by atoms with Crippen LogP contribution in [0.1, 0.15) is 58.4 Å². The summed E-state index contributed by atoms with van der Waals surface area (Å²) in [6.45, 7) is 9.34. The minimum Gasteiger partial charge on any atom is -0.0648 e. The van der Waals surface area contributed by atoms with Crippen LogP contribution >= 0.6 is 0 Å². The van der Waals surface area contributed by atoms with Crippen molar-refractivity contribution in [2.75, 3.05) is 0 Å². The van der Waals surface area contributed by atoms with E-state index in [1.54, 1.807) is 0 Å². The molecule has 0 bridgehead atoms. The summed E-state index contributed by atoms with van der Waals surface area (Å²) in [5.41, 5.74) is 1.51. The minimum absolute atomic E-state index is 0.752. The summed E-state index contributed by atoms with van der Waals surface area (Å²) in [7, 11) is 0. The molecule has 0 aliphatic heterocycles. The van der Waals surface area contributed by atoms with Gasteiger partial charge in [0.1, 0.15) is 0 Å². The highest BCUT2D eigenvalue weighted by Crippen LogP contribution is 2.28. The fraction of sp³-hybridized carbons (Fsp3) is 0.625. The summed E-state index contributed by atoms with van der Waals surface area (Å²) in [5, 5.41) is 0. The maximum atomic E-state index is 2.38. The topological polar surface area (TPSA) is 0 Å². The molecule has 0 nitrogen and oxygen atoms in total. The Labute approximate surface area is 101 Å². The molecular weight excluding hydrogens is 192 g/mol. The van der Waals surface area contributed by atoms with E-state index in [4.69, 9.17) is 0 Å². The van der Waals surface area contributed by atoms with E-state index < -0.39 is 0 Å². The Kier molecular flexibility index (Phi) is 5.59. The van der Waals surface area contributed by atoms with Crippen LogP contribution in [-0.4, -0.2) is 0 Å². The van der Waals surface area contributed by atoms with Crippen LogP contribution in [0, 0.1) is 11.8 Å². The van der Waals surface area contributed by atoms with Crippen LogP contribution in [0.3, 0.4) is 0 Å². The van der Waals surface area contributed by atoms with Crippen molar-refractivity contribution in [2.24, 2.45) is 11.8 Å². The average Bonchev–Trinajstić information content (AvgIpc) is 2.30. The van der Waals surface area contributed by atoms with Gasteiger partial charge in [-0.15, -0.1) is 0 Å². The van der Waals surface area contributed by atoms with Crippen molar-refractivity contribution in [3.63, 3.8) is 0 Å². The first-order chi connectivity index (χ1) is 7.65. The molecule has 0 N–H and O–H groups in total. The lowest BCUT2D eigenvalue weighted by Gasteiger charge is -2.20. The smallest absolute Gasteiger partial charge is 0.0164 e. The van der Waals surface area contributed by atoms with Crippen molar-refractivity contribution in [1.82, 2.24) is 0 Å². The molecular formula is C16H26. The second-order valence-corrected chi connectivity index (χ2v) is 5.31. The molecule has 0 aliphatic rings. The van der Waals surface area contributed by atoms with Crippen molar-refractivity contribution >= 4 is 0 Å². The number of benzene rings is 1. The summed E-state index contributed by atoms with van der Waals surface area (Å²) < 4.78 is 0. The van der Waals surface area contributed by atoms with E-state index in [2.05, 4.69) is 58.0 Å². The van der Waals surface area contributed by atoms with Crippen LogP contribution in [0.2, 0.25) is 0 Å². The molecule has 0 aliphatic carbocycles. The number of hydrogen-bond acceptors (Lipinski definition) is 0. The van der Waals surface area contributed by atoms with Crippen LogP contribution in [0.4, 0.5) is 0 Å². The van der Waals surface area contributed by atoms with Gasteiger partial charge in [0.15, 0.2) is 0 Å². The van der Waals surface area contributed by atoms with Gasteiger partial charge in [-0.05, 0) is 42.6 Å². The van der Waals surface area contributed by atoms with Gasteiger partial charge in [0, 0.05) is 0 Å². The van der Waals surface area contributed by atoms with Gasteiger partial charge in [-0.2, -0.15) is 0 Å². The molecule has 90 valence electrons. The lowest BCUT2D eigenvalue weighted by atomic mass is 9.85. The van der Waals surface area contributed by atoms with Gasteiger partial charge in [-0.1, -0.05) is 58.0 Å². The Hall–Kier alpha value is -0.780. The zero-order valence-electron chi connectivity index (χ0n) is 11.2. The van der Waals surface area contributed by atoms with E-state index in [-0.39, 0.29) is 0 Å². The van der Waals surface area contributed by atoms with Gasteiger partial charge >= 0.3 is 0 Å². The standard InChI is InChI=1S/C16H26/c1-5-15(12-11-14(4)13(2)3)16-9-7-6-8-10-16/h6-10,13-15H,5,11-12H2,1-4H3/t14-,15?/m1/s1. The molecule has 1 unspecified atom stereocenters. The van der Waals surface area contributed by atoms with E-state index in [1.807, 2.05) is 0 Å². The highest BCUT2D eigenvalue weighted by molar-refractivity contribution is 5.19. The fourth-order valence-corrected chi connectivity index (χ4v) is 2.13. The van der Waals surface area contributed by atoms with Crippen molar-refractivity contribution in [3.8, 4) is 0 Å². The van der Waals surface area contributed by atoms with Gasteiger partial charge in [0.25, 0.3) is 0 Å². The van der Waals surface area contributed by atoms with Gasteiger partial charge in [0.2, 0.25) is 0 Å². The first-order valence-electron chi connectivity index (χ1n) is 6.70. The van der Waals surface area contributed by atoms with Crippen molar-refractivity contribution in [3.05, 3.63) is 35.9 Å². The molecule has 0 heterocycles. The number of hydrogen-bond donors (Lipinski definition) is 0. The van der Waals surface area contributed by atoms with Crippen molar-refractivity contribution in [1.29, 1.82) is 0 Å². The Bertz CT molecular complexity index is 273. The van der Waals surface area contributed by atoms with Crippen LogP contribution in [0.5, 0.6) is 0 Å². The Morgan fingerprint density at radius 3 is 2.06 bits per heavy atom. The third kappa shape index (κ3) is 4.00. The van der Waals surface area contributed by atoms with Crippen LogP contribution in [0.15, 0.2) is 30.3 Å². The third-order valence-corrected chi connectivity index (χ3v) is 3.87. The lowest BCUT2D eigenvalue weighted by Crippen LogP contribution is -2.06. The lowest BCUT2D eigenvalue weighted by molar-refractivity contribution is 0.365. The quantitative estimate of drug-likeness (QED) is 0.611. The first-order valence-corrected chi connectivity index (χ1v) is 6.70. The molecule has 0 fully saturated rings. The summed E-state index contributed by atoms with van der Waals surface area (Å²) in [6, 6.07) is 11.0. The zero-order valence-corrected chi connectivity index (χ0v) is 11.2. The predicted molar refractivity (Wildman–Crippen MR) is 72.7 cm³/mol. The first kappa shape index (κ1) is 13.3. The largest absolute Gasteiger partial charge is 0.0648 e. The fourth-order valence-electron chi connectivity index (χ4n) is 2.13. The Morgan fingerprint density at radius 2 is 1.56 bits per heavy atom. The Balaban J connectivity index is 2.50. The SMILES string of the molecule is CCC(CC[C@@H](C)C(C)C)c1ccccc1. The summed E-state index contributed by atoms with van der Waals surface area (Å²) >= 11 is 0. The molecule has 0 aromatic heterocycles. The van der Waals surface area contributed by atoms with Gasteiger partial charge in [0.05, 0.1) is 0 Å².